The molecule has 0 bridgehead atoms. The molecular weight excluding hydrogens is 206 g/mol. The van der Waals surface area contributed by atoms with Crippen molar-refractivity contribution in [3.8, 4) is 6.07 Å². The molecule has 1 aliphatic heterocycles. The molecule has 1 unspecified atom stereocenters. The maximum atomic E-state index is 11.9. The van der Waals surface area contributed by atoms with Gasteiger partial charge in [-0.05, 0) is 6.42 Å². The molecule has 5 nitrogen and oxygen atoms in total. The highest BCUT2D eigenvalue weighted by molar-refractivity contribution is 5.83. The van der Waals surface area contributed by atoms with Gasteiger partial charge in [-0.3, -0.25) is 9.59 Å². The van der Waals surface area contributed by atoms with Crippen LogP contribution >= 0.6 is 0 Å². The van der Waals surface area contributed by atoms with Gasteiger partial charge in [0.2, 0.25) is 11.8 Å². The van der Waals surface area contributed by atoms with Crippen LogP contribution in [0.2, 0.25) is 0 Å². The lowest BCUT2D eigenvalue weighted by Crippen LogP contribution is -2.38. The van der Waals surface area contributed by atoms with E-state index >= 15 is 0 Å². The van der Waals surface area contributed by atoms with E-state index in [1.807, 2.05) is 13.0 Å². The van der Waals surface area contributed by atoms with Gasteiger partial charge >= 0.3 is 0 Å². The Balaban J connectivity index is 2.58. The third-order valence-electron chi connectivity index (χ3n) is 2.66. The summed E-state index contributed by atoms with van der Waals surface area (Å²) < 4.78 is 0. The molecule has 0 radical (unpaired) electrons. The third kappa shape index (κ3) is 3.23. The van der Waals surface area contributed by atoms with Gasteiger partial charge in [-0.25, -0.2) is 0 Å². The van der Waals surface area contributed by atoms with Gasteiger partial charge in [-0.15, -0.1) is 0 Å². The molecule has 1 heterocycles. The number of rotatable bonds is 3. The highest BCUT2D eigenvalue weighted by atomic mass is 16.2. The van der Waals surface area contributed by atoms with Gasteiger partial charge in [0.15, 0.2) is 0 Å². The van der Waals surface area contributed by atoms with Crippen molar-refractivity contribution < 1.29 is 9.59 Å². The van der Waals surface area contributed by atoms with Gasteiger partial charge in [0.1, 0.15) is 5.92 Å². The molecule has 1 aliphatic rings. The Labute approximate surface area is 95.4 Å². The zero-order chi connectivity index (χ0) is 12.0. The molecule has 5 heteroatoms. The molecule has 1 fully saturated rings. The molecule has 1 saturated heterocycles. The molecule has 0 spiro atoms. The summed E-state index contributed by atoms with van der Waals surface area (Å²) in [4.78, 5) is 24.7. The Morgan fingerprint density at radius 2 is 2.38 bits per heavy atom. The van der Waals surface area contributed by atoms with Crippen LogP contribution in [0.5, 0.6) is 0 Å². The van der Waals surface area contributed by atoms with E-state index in [0.717, 1.165) is 6.42 Å². The van der Waals surface area contributed by atoms with E-state index < -0.39 is 5.92 Å². The highest BCUT2D eigenvalue weighted by Crippen LogP contribution is 2.10. The number of hydrogen-bond donors (Lipinski definition) is 1. The van der Waals surface area contributed by atoms with E-state index in [9.17, 15) is 9.59 Å². The number of carbonyl (C=O) groups is 2. The number of carbonyl (C=O) groups excluding carboxylic acids is 2. The number of hydrogen-bond acceptors (Lipinski definition) is 3. The molecule has 0 aromatic heterocycles. The van der Waals surface area contributed by atoms with E-state index in [0.29, 0.717) is 32.5 Å². The van der Waals surface area contributed by atoms with Crippen LogP contribution in [0.1, 0.15) is 26.2 Å². The maximum Gasteiger partial charge on any atom is 0.239 e. The first-order valence-corrected chi connectivity index (χ1v) is 5.64. The van der Waals surface area contributed by atoms with Crippen molar-refractivity contribution in [3.63, 3.8) is 0 Å². The maximum absolute atomic E-state index is 11.9. The van der Waals surface area contributed by atoms with Crippen LogP contribution < -0.4 is 5.32 Å². The largest absolute Gasteiger partial charge is 0.354 e. The van der Waals surface area contributed by atoms with Crippen molar-refractivity contribution in [3.05, 3.63) is 0 Å². The molecule has 1 N–H and O–H groups in total. The minimum absolute atomic E-state index is 0.0284. The third-order valence-corrected chi connectivity index (χ3v) is 2.66. The van der Waals surface area contributed by atoms with Gasteiger partial charge in [0.25, 0.3) is 0 Å². The van der Waals surface area contributed by atoms with Crippen LogP contribution in [-0.4, -0.2) is 36.3 Å². The lowest BCUT2D eigenvalue weighted by molar-refractivity contribution is -0.133. The first-order chi connectivity index (χ1) is 7.69. The summed E-state index contributed by atoms with van der Waals surface area (Å²) in [5, 5.41) is 11.6. The number of amides is 2. The minimum Gasteiger partial charge on any atom is -0.354 e. The van der Waals surface area contributed by atoms with Crippen LogP contribution in [0.25, 0.3) is 0 Å². The monoisotopic (exact) mass is 223 g/mol. The van der Waals surface area contributed by atoms with Gasteiger partial charge in [-0.1, -0.05) is 13.3 Å². The fourth-order valence-corrected chi connectivity index (χ4v) is 1.74. The van der Waals surface area contributed by atoms with Gasteiger partial charge < -0.3 is 10.2 Å². The summed E-state index contributed by atoms with van der Waals surface area (Å²) >= 11 is 0. The second kappa shape index (κ2) is 6.11. The van der Waals surface area contributed by atoms with Crippen molar-refractivity contribution in [2.24, 2.45) is 5.92 Å². The molecule has 2 amide bonds. The van der Waals surface area contributed by atoms with Crippen LogP contribution in [-0.2, 0) is 9.59 Å². The Hall–Kier alpha value is -1.57. The smallest absolute Gasteiger partial charge is 0.239 e. The second-order valence-electron chi connectivity index (χ2n) is 3.90. The minimum atomic E-state index is -0.557. The molecule has 1 rings (SSSR count). The van der Waals surface area contributed by atoms with E-state index in [2.05, 4.69) is 5.32 Å². The van der Waals surface area contributed by atoms with Crippen molar-refractivity contribution in [1.29, 1.82) is 5.26 Å². The molecule has 0 saturated carbocycles. The van der Waals surface area contributed by atoms with Gasteiger partial charge in [-0.2, -0.15) is 5.26 Å². The molecule has 0 aromatic rings. The summed E-state index contributed by atoms with van der Waals surface area (Å²) in [6.07, 6.45) is 1.73. The van der Waals surface area contributed by atoms with E-state index in [4.69, 9.17) is 5.26 Å². The summed E-state index contributed by atoms with van der Waals surface area (Å²) in [5.41, 5.74) is 0. The Morgan fingerprint density at radius 1 is 1.62 bits per heavy atom. The zero-order valence-electron chi connectivity index (χ0n) is 9.53. The van der Waals surface area contributed by atoms with Crippen molar-refractivity contribution >= 4 is 11.8 Å². The summed E-state index contributed by atoms with van der Waals surface area (Å²) in [6, 6.07) is 2.04. The quantitative estimate of drug-likeness (QED) is 0.746. The van der Waals surface area contributed by atoms with Crippen LogP contribution in [0.15, 0.2) is 0 Å². The van der Waals surface area contributed by atoms with E-state index in [-0.39, 0.29) is 11.8 Å². The normalized spacial score (nSPS) is 18.2. The lowest BCUT2D eigenvalue weighted by atomic mass is 10.0. The Morgan fingerprint density at radius 3 is 3.00 bits per heavy atom. The van der Waals surface area contributed by atoms with Crippen molar-refractivity contribution in [2.75, 3.05) is 19.6 Å². The van der Waals surface area contributed by atoms with Crippen molar-refractivity contribution in [2.45, 2.75) is 26.2 Å². The molecule has 1 atom stereocenters. The van der Waals surface area contributed by atoms with Crippen molar-refractivity contribution in [1.82, 2.24) is 10.2 Å². The van der Waals surface area contributed by atoms with Crippen LogP contribution in [0.4, 0.5) is 0 Å². The average molecular weight is 223 g/mol. The Bertz CT molecular complexity index is 309. The number of nitrogens with one attached hydrogen (secondary N) is 1. The van der Waals surface area contributed by atoms with Gasteiger partial charge in [0, 0.05) is 26.1 Å². The summed E-state index contributed by atoms with van der Waals surface area (Å²) in [5.74, 6) is -0.724. The molecule has 16 heavy (non-hydrogen) atoms. The predicted molar refractivity (Wildman–Crippen MR) is 58.2 cm³/mol. The van der Waals surface area contributed by atoms with Crippen LogP contribution in [0.3, 0.4) is 0 Å². The summed E-state index contributed by atoms with van der Waals surface area (Å²) in [7, 11) is 0. The summed E-state index contributed by atoms with van der Waals surface area (Å²) in [6.45, 7) is 3.36. The fourth-order valence-electron chi connectivity index (χ4n) is 1.74. The predicted octanol–water partition coefficient (Wildman–Crippen LogP) is 0.275. The lowest BCUT2D eigenvalue weighted by Gasteiger charge is -2.21. The first-order valence-electron chi connectivity index (χ1n) is 5.64. The van der Waals surface area contributed by atoms with E-state index in [1.54, 1.807) is 4.90 Å². The molecule has 0 aliphatic carbocycles. The van der Waals surface area contributed by atoms with E-state index in [1.165, 1.54) is 0 Å². The fraction of sp³-hybridized carbons (Fsp3) is 0.727. The number of nitriles is 1. The highest BCUT2D eigenvalue weighted by Gasteiger charge is 2.25. The molecular formula is C11H17N3O2. The zero-order valence-corrected chi connectivity index (χ0v) is 9.53. The number of nitrogens with zero attached hydrogens (tertiary/aromatic N) is 2. The van der Waals surface area contributed by atoms with Gasteiger partial charge in [0.05, 0.1) is 6.07 Å². The topological polar surface area (TPSA) is 73.2 Å². The molecule has 88 valence electrons. The average Bonchev–Trinajstić information content (AvgIpc) is 2.50. The first kappa shape index (κ1) is 12.5. The SMILES string of the molecule is CCCC(C#N)C(=O)N1CCNC(=O)CC1. The van der Waals surface area contributed by atoms with Crippen LogP contribution in [0, 0.1) is 17.2 Å². The Kier molecular flexibility index (Phi) is 4.77. The second-order valence-corrected chi connectivity index (χ2v) is 3.90. The standard InChI is InChI=1S/C11H17N3O2/c1-2-3-9(8-12)11(16)14-6-4-10(15)13-5-7-14/h9H,2-7H2,1H3,(H,13,15). The molecule has 0 aromatic carbocycles.